The Morgan fingerprint density at radius 1 is 1.39 bits per heavy atom. The average molecular weight is 319 g/mol. The zero-order valence-corrected chi connectivity index (χ0v) is 13.7. The number of rotatable bonds is 5. The highest BCUT2D eigenvalue weighted by Gasteiger charge is 2.33. The zero-order chi connectivity index (χ0) is 16.2. The van der Waals surface area contributed by atoms with Crippen molar-refractivity contribution in [2.45, 2.75) is 31.7 Å². The fourth-order valence-corrected chi connectivity index (χ4v) is 3.50. The predicted molar refractivity (Wildman–Crippen MR) is 85.6 cm³/mol. The second kappa shape index (κ2) is 7.17. The smallest absolute Gasteiger partial charge is 0.225 e. The van der Waals surface area contributed by atoms with Gasteiger partial charge in [0.25, 0.3) is 0 Å². The van der Waals surface area contributed by atoms with Gasteiger partial charge in [-0.15, -0.1) is 0 Å². The highest BCUT2D eigenvalue weighted by Crippen LogP contribution is 2.25. The lowest BCUT2D eigenvalue weighted by atomic mass is 10.1. The largest absolute Gasteiger partial charge is 0.468 e. The molecule has 0 saturated carbocycles. The van der Waals surface area contributed by atoms with E-state index in [1.165, 1.54) is 19.3 Å². The van der Waals surface area contributed by atoms with E-state index in [1.807, 2.05) is 12.1 Å². The molecule has 0 radical (unpaired) electrons. The Labute approximate surface area is 136 Å². The Morgan fingerprint density at radius 3 is 2.78 bits per heavy atom. The monoisotopic (exact) mass is 319 g/mol. The summed E-state index contributed by atoms with van der Waals surface area (Å²) in [7, 11) is 1.75. The SMILES string of the molecule is CN1C[C@H](C(=O)NC[C@@H](c2ccco2)N2CCCCC2)CC1=O. The number of nitrogens with zero attached hydrogens (tertiary/aromatic N) is 2. The van der Waals surface area contributed by atoms with Crippen LogP contribution in [0.5, 0.6) is 0 Å². The fraction of sp³-hybridized carbons (Fsp3) is 0.647. The van der Waals surface area contributed by atoms with Crippen molar-refractivity contribution in [3.63, 3.8) is 0 Å². The van der Waals surface area contributed by atoms with Crippen molar-refractivity contribution in [2.24, 2.45) is 5.92 Å². The number of piperidine rings is 1. The van der Waals surface area contributed by atoms with Gasteiger partial charge in [0, 0.05) is 26.6 Å². The van der Waals surface area contributed by atoms with Crippen LogP contribution in [0.1, 0.15) is 37.5 Å². The van der Waals surface area contributed by atoms with Crippen LogP contribution in [-0.2, 0) is 9.59 Å². The first-order chi connectivity index (χ1) is 11.1. The summed E-state index contributed by atoms with van der Waals surface area (Å²) in [4.78, 5) is 27.9. The summed E-state index contributed by atoms with van der Waals surface area (Å²) in [5.41, 5.74) is 0. The van der Waals surface area contributed by atoms with Crippen LogP contribution in [0.4, 0.5) is 0 Å². The molecule has 3 heterocycles. The normalized spacial score (nSPS) is 24.0. The van der Waals surface area contributed by atoms with E-state index in [2.05, 4.69) is 10.2 Å². The first-order valence-electron chi connectivity index (χ1n) is 8.44. The maximum atomic E-state index is 12.4. The van der Waals surface area contributed by atoms with Crippen molar-refractivity contribution in [3.05, 3.63) is 24.2 Å². The van der Waals surface area contributed by atoms with Crippen LogP contribution < -0.4 is 5.32 Å². The molecular weight excluding hydrogens is 294 g/mol. The first kappa shape index (κ1) is 16.1. The van der Waals surface area contributed by atoms with Gasteiger partial charge in [0.2, 0.25) is 11.8 Å². The molecule has 2 saturated heterocycles. The minimum atomic E-state index is -0.230. The molecule has 126 valence electrons. The van der Waals surface area contributed by atoms with Crippen molar-refractivity contribution < 1.29 is 14.0 Å². The Bertz CT molecular complexity index is 537. The number of amides is 2. The van der Waals surface area contributed by atoms with E-state index in [0.29, 0.717) is 19.5 Å². The van der Waals surface area contributed by atoms with Gasteiger partial charge in [-0.05, 0) is 38.1 Å². The number of likely N-dealkylation sites (tertiary alicyclic amines) is 2. The van der Waals surface area contributed by atoms with E-state index in [9.17, 15) is 9.59 Å². The molecule has 1 aromatic heterocycles. The third kappa shape index (κ3) is 3.75. The minimum absolute atomic E-state index is 0.0312. The Hall–Kier alpha value is -1.82. The third-order valence-corrected chi connectivity index (χ3v) is 4.88. The van der Waals surface area contributed by atoms with Crippen molar-refractivity contribution in [3.8, 4) is 0 Å². The molecule has 2 fully saturated rings. The van der Waals surface area contributed by atoms with Crippen LogP contribution in [0.2, 0.25) is 0 Å². The molecule has 0 aromatic carbocycles. The Kier molecular flexibility index (Phi) is 5.00. The summed E-state index contributed by atoms with van der Waals surface area (Å²) in [6.07, 6.45) is 5.64. The predicted octanol–water partition coefficient (Wildman–Crippen LogP) is 1.40. The van der Waals surface area contributed by atoms with Crippen LogP contribution in [0, 0.1) is 5.92 Å². The van der Waals surface area contributed by atoms with Gasteiger partial charge in [0.05, 0.1) is 18.2 Å². The summed E-state index contributed by atoms with van der Waals surface area (Å²) >= 11 is 0. The number of nitrogens with one attached hydrogen (secondary N) is 1. The number of hydrogen-bond donors (Lipinski definition) is 1. The Balaban J connectivity index is 1.60. The van der Waals surface area contributed by atoms with Gasteiger partial charge >= 0.3 is 0 Å². The molecule has 0 unspecified atom stereocenters. The lowest BCUT2D eigenvalue weighted by molar-refractivity contribution is -0.128. The first-order valence-corrected chi connectivity index (χ1v) is 8.44. The molecule has 2 aliphatic heterocycles. The van der Waals surface area contributed by atoms with Crippen molar-refractivity contribution in [2.75, 3.05) is 33.2 Å². The van der Waals surface area contributed by atoms with Crippen LogP contribution >= 0.6 is 0 Å². The van der Waals surface area contributed by atoms with Gasteiger partial charge in [0.1, 0.15) is 5.76 Å². The zero-order valence-electron chi connectivity index (χ0n) is 13.7. The number of furan rings is 1. The van der Waals surface area contributed by atoms with Gasteiger partial charge in [-0.3, -0.25) is 14.5 Å². The topological polar surface area (TPSA) is 65.8 Å². The van der Waals surface area contributed by atoms with Gasteiger partial charge in [-0.25, -0.2) is 0 Å². The van der Waals surface area contributed by atoms with Gasteiger partial charge in [-0.2, -0.15) is 0 Å². The molecule has 3 rings (SSSR count). The van der Waals surface area contributed by atoms with Crippen molar-refractivity contribution in [1.29, 1.82) is 0 Å². The molecule has 0 bridgehead atoms. The van der Waals surface area contributed by atoms with Gasteiger partial charge in [0.15, 0.2) is 0 Å². The highest BCUT2D eigenvalue weighted by atomic mass is 16.3. The Morgan fingerprint density at radius 2 is 2.17 bits per heavy atom. The molecule has 2 amide bonds. The molecule has 2 aliphatic rings. The molecule has 2 atom stereocenters. The van der Waals surface area contributed by atoms with E-state index in [0.717, 1.165) is 18.8 Å². The number of carbonyl (C=O) groups is 2. The minimum Gasteiger partial charge on any atom is -0.468 e. The second-order valence-electron chi connectivity index (χ2n) is 6.55. The van der Waals surface area contributed by atoms with E-state index >= 15 is 0 Å². The summed E-state index contributed by atoms with van der Waals surface area (Å²) in [6, 6.07) is 3.93. The van der Waals surface area contributed by atoms with Crippen LogP contribution in [0.15, 0.2) is 22.8 Å². The molecule has 6 nitrogen and oxygen atoms in total. The molecule has 0 spiro atoms. The second-order valence-corrected chi connectivity index (χ2v) is 6.55. The standard InChI is InChI=1S/C17H25N3O3/c1-19-12-13(10-16(19)21)17(22)18-11-14(15-6-5-9-23-15)20-7-3-2-4-8-20/h5-6,9,13-14H,2-4,7-8,10-12H2,1H3,(H,18,22)/t13-,14+/m1/s1. The summed E-state index contributed by atoms with van der Waals surface area (Å²) in [6.45, 7) is 3.11. The summed E-state index contributed by atoms with van der Waals surface area (Å²) < 4.78 is 5.59. The third-order valence-electron chi connectivity index (χ3n) is 4.88. The van der Waals surface area contributed by atoms with Crippen LogP contribution in [0.3, 0.4) is 0 Å². The highest BCUT2D eigenvalue weighted by molar-refractivity contribution is 5.89. The summed E-state index contributed by atoms with van der Waals surface area (Å²) in [5.74, 6) is 0.679. The van der Waals surface area contributed by atoms with Crippen LogP contribution in [0.25, 0.3) is 0 Å². The number of carbonyl (C=O) groups excluding carboxylic acids is 2. The molecule has 0 aliphatic carbocycles. The van der Waals surface area contributed by atoms with Gasteiger partial charge < -0.3 is 14.6 Å². The molecule has 6 heteroatoms. The molecular formula is C17H25N3O3. The quantitative estimate of drug-likeness (QED) is 0.891. The fourth-order valence-electron chi connectivity index (χ4n) is 3.50. The average Bonchev–Trinajstić information content (AvgIpc) is 3.19. The molecule has 1 N–H and O–H groups in total. The van der Waals surface area contributed by atoms with E-state index < -0.39 is 0 Å². The molecule has 1 aromatic rings. The van der Waals surface area contributed by atoms with Crippen molar-refractivity contribution in [1.82, 2.24) is 15.1 Å². The van der Waals surface area contributed by atoms with E-state index in [1.54, 1.807) is 18.2 Å². The number of hydrogen-bond acceptors (Lipinski definition) is 4. The molecule has 23 heavy (non-hydrogen) atoms. The van der Waals surface area contributed by atoms with Crippen molar-refractivity contribution >= 4 is 11.8 Å². The lowest BCUT2D eigenvalue weighted by Gasteiger charge is -2.33. The van der Waals surface area contributed by atoms with E-state index in [-0.39, 0.29) is 23.8 Å². The maximum Gasteiger partial charge on any atom is 0.225 e. The maximum absolute atomic E-state index is 12.4. The van der Waals surface area contributed by atoms with Crippen LogP contribution in [-0.4, -0.2) is 54.8 Å². The van der Waals surface area contributed by atoms with Gasteiger partial charge in [-0.1, -0.05) is 6.42 Å². The summed E-state index contributed by atoms with van der Waals surface area (Å²) in [5, 5.41) is 3.03. The van der Waals surface area contributed by atoms with E-state index in [4.69, 9.17) is 4.42 Å². The lowest BCUT2D eigenvalue weighted by Crippen LogP contribution is -2.42.